The molecule has 6 heteroatoms. The molecule has 0 unspecified atom stereocenters. The number of rotatable bonds is 9. The molecule has 2 atom stereocenters. The third-order valence-electron chi connectivity index (χ3n) is 4.59. The lowest BCUT2D eigenvalue weighted by molar-refractivity contribution is 0.165. The molecule has 0 fully saturated rings. The number of anilines is 1. The molecule has 0 radical (unpaired) electrons. The Morgan fingerprint density at radius 1 is 1.12 bits per heavy atom. The second kappa shape index (κ2) is 8.76. The minimum atomic E-state index is -0.468. The van der Waals surface area contributed by atoms with Crippen LogP contribution in [0.25, 0.3) is 22.6 Å². The summed E-state index contributed by atoms with van der Waals surface area (Å²) in [6.07, 6.45) is 6.75. The average molecular weight is 353 g/mol. The van der Waals surface area contributed by atoms with Crippen molar-refractivity contribution in [3.05, 3.63) is 36.7 Å². The van der Waals surface area contributed by atoms with Gasteiger partial charge in [0, 0.05) is 5.56 Å². The molecule has 0 spiro atoms. The predicted octanol–water partition coefficient (Wildman–Crippen LogP) is 4.15. The van der Waals surface area contributed by atoms with E-state index in [1.807, 2.05) is 37.3 Å². The Hall–Kier alpha value is -2.47. The molecule has 1 aromatic carbocycles. The number of benzene rings is 1. The first kappa shape index (κ1) is 18.3. The number of unbranched alkanes of at least 4 members (excludes halogenated alkanes) is 3. The van der Waals surface area contributed by atoms with Crippen molar-refractivity contribution in [3.63, 3.8) is 0 Å². The van der Waals surface area contributed by atoms with Gasteiger partial charge in [-0.2, -0.15) is 0 Å². The van der Waals surface area contributed by atoms with E-state index in [9.17, 15) is 5.11 Å². The van der Waals surface area contributed by atoms with Crippen molar-refractivity contribution in [2.45, 2.75) is 58.1 Å². The summed E-state index contributed by atoms with van der Waals surface area (Å²) in [5.41, 5.74) is 2.33. The fourth-order valence-electron chi connectivity index (χ4n) is 3.05. The van der Waals surface area contributed by atoms with Crippen molar-refractivity contribution < 1.29 is 5.11 Å². The van der Waals surface area contributed by atoms with Gasteiger partial charge in [-0.15, -0.1) is 0 Å². The number of fused-ring (bicyclic) bond motifs is 1. The summed E-state index contributed by atoms with van der Waals surface area (Å²) >= 11 is 0. The summed E-state index contributed by atoms with van der Waals surface area (Å²) in [4.78, 5) is 16.7. The number of aliphatic hydroxyl groups is 1. The van der Waals surface area contributed by atoms with Gasteiger partial charge < -0.3 is 15.4 Å². The van der Waals surface area contributed by atoms with Gasteiger partial charge in [-0.3, -0.25) is 0 Å². The van der Waals surface area contributed by atoms with E-state index in [0.29, 0.717) is 17.3 Å². The van der Waals surface area contributed by atoms with Gasteiger partial charge in [-0.25, -0.2) is 15.0 Å². The first-order valence-electron chi connectivity index (χ1n) is 9.40. The van der Waals surface area contributed by atoms with Crippen LogP contribution in [0.4, 0.5) is 5.82 Å². The molecule has 2 aromatic heterocycles. The molecule has 6 nitrogen and oxygen atoms in total. The summed E-state index contributed by atoms with van der Waals surface area (Å²) in [7, 11) is 0. The molecule has 0 saturated carbocycles. The number of aromatic amines is 1. The molecule has 3 aromatic rings. The summed E-state index contributed by atoms with van der Waals surface area (Å²) in [6, 6.07) is 9.80. The number of aromatic nitrogens is 4. The quantitative estimate of drug-likeness (QED) is 0.503. The van der Waals surface area contributed by atoms with Crippen LogP contribution in [0.1, 0.15) is 46.0 Å². The van der Waals surface area contributed by atoms with Crippen molar-refractivity contribution in [2.75, 3.05) is 5.32 Å². The molecule has 0 aliphatic carbocycles. The van der Waals surface area contributed by atoms with Crippen LogP contribution in [-0.4, -0.2) is 37.2 Å². The van der Waals surface area contributed by atoms with Gasteiger partial charge in [-0.1, -0.05) is 62.9 Å². The molecule has 0 aliphatic heterocycles. The molecule has 3 rings (SSSR count). The van der Waals surface area contributed by atoms with Crippen molar-refractivity contribution in [3.8, 4) is 11.4 Å². The summed E-state index contributed by atoms with van der Waals surface area (Å²) in [5.74, 6) is 1.32. The zero-order valence-electron chi connectivity index (χ0n) is 15.4. The summed E-state index contributed by atoms with van der Waals surface area (Å²) < 4.78 is 0. The summed E-state index contributed by atoms with van der Waals surface area (Å²) in [6.45, 7) is 4.02. The molecule has 0 amide bonds. The predicted molar refractivity (Wildman–Crippen MR) is 105 cm³/mol. The molecular formula is C20H27N5O. The van der Waals surface area contributed by atoms with Crippen molar-refractivity contribution >= 4 is 17.0 Å². The number of nitrogens with one attached hydrogen (secondary N) is 2. The third kappa shape index (κ3) is 4.38. The molecule has 3 N–H and O–H groups in total. The highest BCUT2D eigenvalue weighted by Gasteiger charge is 2.18. The van der Waals surface area contributed by atoms with Gasteiger partial charge in [0.05, 0.1) is 18.5 Å². The molecule has 0 saturated heterocycles. The molecular weight excluding hydrogens is 326 g/mol. The Bertz CT molecular complexity index is 815. The number of aliphatic hydroxyl groups excluding tert-OH is 1. The Kier molecular flexibility index (Phi) is 6.17. The van der Waals surface area contributed by atoms with Crippen molar-refractivity contribution in [1.82, 2.24) is 19.9 Å². The maximum atomic E-state index is 10.2. The van der Waals surface area contributed by atoms with Crippen LogP contribution in [-0.2, 0) is 0 Å². The van der Waals surface area contributed by atoms with Crippen LogP contribution in [0.15, 0.2) is 36.7 Å². The van der Waals surface area contributed by atoms with Gasteiger partial charge in [-0.05, 0) is 13.3 Å². The van der Waals surface area contributed by atoms with E-state index in [0.717, 1.165) is 23.9 Å². The number of imidazole rings is 1. The van der Waals surface area contributed by atoms with Crippen LogP contribution in [0, 0.1) is 0 Å². The molecule has 0 bridgehead atoms. The monoisotopic (exact) mass is 353 g/mol. The first-order valence-corrected chi connectivity index (χ1v) is 9.40. The zero-order chi connectivity index (χ0) is 18.4. The fraction of sp³-hybridized carbons (Fsp3) is 0.450. The zero-order valence-corrected chi connectivity index (χ0v) is 15.4. The van der Waals surface area contributed by atoms with E-state index < -0.39 is 6.10 Å². The largest absolute Gasteiger partial charge is 0.391 e. The molecule has 138 valence electrons. The van der Waals surface area contributed by atoms with E-state index >= 15 is 0 Å². The summed E-state index contributed by atoms with van der Waals surface area (Å²) in [5, 5.41) is 13.6. The average Bonchev–Trinajstić information content (AvgIpc) is 3.13. The lowest BCUT2D eigenvalue weighted by atomic mass is 10.0. The van der Waals surface area contributed by atoms with Gasteiger partial charge in [0.1, 0.15) is 5.52 Å². The van der Waals surface area contributed by atoms with Gasteiger partial charge in [0.2, 0.25) is 0 Å². The topological polar surface area (TPSA) is 86.7 Å². The maximum absolute atomic E-state index is 10.2. The van der Waals surface area contributed by atoms with Gasteiger partial charge in [0.15, 0.2) is 17.3 Å². The van der Waals surface area contributed by atoms with Crippen LogP contribution >= 0.6 is 0 Å². The highest BCUT2D eigenvalue weighted by atomic mass is 16.3. The minimum Gasteiger partial charge on any atom is -0.391 e. The third-order valence-corrected chi connectivity index (χ3v) is 4.59. The Labute approximate surface area is 154 Å². The second-order valence-corrected chi connectivity index (χ2v) is 6.70. The molecule has 26 heavy (non-hydrogen) atoms. The van der Waals surface area contributed by atoms with Gasteiger partial charge >= 0.3 is 0 Å². The second-order valence-electron chi connectivity index (χ2n) is 6.70. The fourth-order valence-corrected chi connectivity index (χ4v) is 3.05. The highest BCUT2D eigenvalue weighted by molar-refractivity contribution is 5.84. The smallest absolute Gasteiger partial charge is 0.183 e. The van der Waals surface area contributed by atoms with Crippen molar-refractivity contribution in [1.29, 1.82) is 0 Å². The van der Waals surface area contributed by atoms with E-state index in [2.05, 4.69) is 27.2 Å². The Morgan fingerprint density at radius 3 is 2.65 bits per heavy atom. The van der Waals surface area contributed by atoms with Crippen LogP contribution < -0.4 is 5.32 Å². The lowest BCUT2D eigenvalue weighted by Gasteiger charge is -2.22. The van der Waals surface area contributed by atoms with E-state index in [1.165, 1.54) is 19.3 Å². The standard InChI is InChI=1S/C20H27N5O/c1-3-4-5-9-12-16(14(2)26)23-20-17-19(22-13-21-17)24-18(25-20)15-10-7-6-8-11-15/h6-8,10-11,13-14,16,26H,3-5,9,12H2,1-2H3,(H2,21,22,23,24,25)/t14-,16-/m0/s1. The first-order chi connectivity index (χ1) is 12.7. The number of nitrogens with zero attached hydrogens (tertiary/aromatic N) is 3. The van der Waals surface area contributed by atoms with Crippen molar-refractivity contribution in [2.24, 2.45) is 0 Å². The van der Waals surface area contributed by atoms with E-state index in [-0.39, 0.29) is 6.04 Å². The Balaban J connectivity index is 1.86. The highest BCUT2D eigenvalue weighted by Crippen LogP contribution is 2.24. The lowest BCUT2D eigenvalue weighted by Crippen LogP contribution is -2.32. The normalized spacial score (nSPS) is 13.7. The van der Waals surface area contributed by atoms with Crippen LogP contribution in [0.5, 0.6) is 0 Å². The van der Waals surface area contributed by atoms with Gasteiger partial charge in [0.25, 0.3) is 0 Å². The van der Waals surface area contributed by atoms with Crippen LogP contribution in [0.2, 0.25) is 0 Å². The SMILES string of the molecule is CCCCCC[C@H](Nc1nc(-c2ccccc2)nc2nc[nH]c12)[C@H](C)O. The van der Waals surface area contributed by atoms with E-state index in [4.69, 9.17) is 4.98 Å². The number of H-pyrrole nitrogens is 1. The van der Waals surface area contributed by atoms with E-state index in [1.54, 1.807) is 6.33 Å². The number of hydrogen-bond donors (Lipinski definition) is 3. The number of hydrogen-bond acceptors (Lipinski definition) is 5. The Morgan fingerprint density at radius 2 is 1.92 bits per heavy atom. The molecule has 0 aliphatic rings. The maximum Gasteiger partial charge on any atom is 0.183 e. The minimum absolute atomic E-state index is 0.0584. The van der Waals surface area contributed by atoms with Crippen LogP contribution in [0.3, 0.4) is 0 Å². The molecule has 2 heterocycles.